The van der Waals surface area contributed by atoms with Gasteiger partial charge in [-0.05, 0) is 40.3 Å². The zero-order chi connectivity index (χ0) is 14.5. The number of hydrogen-bond acceptors (Lipinski definition) is 7. The highest BCUT2D eigenvalue weighted by molar-refractivity contribution is 14.1. The number of hydrazone groups is 1. The van der Waals surface area contributed by atoms with Crippen LogP contribution in [0.1, 0.15) is 15.9 Å². The van der Waals surface area contributed by atoms with Crippen LogP contribution in [0.4, 0.5) is 10.9 Å². The number of hydrogen-bond donors (Lipinski definition) is 2. The van der Waals surface area contributed by atoms with Crippen molar-refractivity contribution in [3.8, 4) is 0 Å². The average molecular weight is 402 g/mol. The van der Waals surface area contributed by atoms with Gasteiger partial charge in [-0.2, -0.15) is 5.10 Å². The molecule has 8 heteroatoms. The summed E-state index contributed by atoms with van der Waals surface area (Å²) in [6.45, 7) is 0. The first-order valence-electron chi connectivity index (χ1n) is 5.48. The van der Waals surface area contributed by atoms with Crippen molar-refractivity contribution in [1.29, 1.82) is 0 Å². The second kappa shape index (κ2) is 6.66. The average Bonchev–Trinajstić information content (AvgIpc) is 2.84. The van der Waals surface area contributed by atoms with Crippen molar-refractivity contribution < 1.29 is 9.53 Å². The normalized spacial score (nSPS) is 10.7. The molecular weight excluding hydrogens is 391 g/mol. The Balaban J connectivity index is 2.06. The molecule has 0 spiro atoms. The van der Waals surface area contributed by atoms with E-state index in [9.17, 15) is 4.79 Å². The number of carbonyl (C=O) groups is 1. The zero-order valence-corrected chi connectivity index (χ0v) is 13.4. The van der Waals surface area contributed by atoms with Crippen LogP contribution < -0.4 is 11.2 Å². The summed E-state index contributed by atoms with van der Waals surface area (Å²) in [7, 11) is 1.36. The Kier molecular flexibility index (Phi) is 4.90. The fraction of sp³-hybridized carbons (Fsp3) is 0.0833. The lowest BCUT2D eigenvalue weighted by Crippen LogP contribution is -2.04. The number of halogens is 1. The molecule has 0 radical (unpaired) electrons. The number of nitrogen functional groups attached to an aromatic ring is 1. The fourth-order valence-electron chi connectivity index (χ4n) is 1.39. The second-order valence-corrected chi connectivity index (χ2v) is 5.70. The Morgan fingerprint density at radius 3 is 3.00 bits per heavy atom. The summed E-state index contributed by atoms with van der Waals surface area (Å²) in [6, 6.07) is 5.33. The van der Waals surface area contributed by atoms with Gasteiger partial charge in [-0.15, -0.1) is 11.3 Å². The first-order chi connectivity index (χ1) is 9.60. The quantitative estimate of drug-likeness (QED) is 0.355. The number of methoxy groups -OCH3 is 1. The molecule has 2 aromatic rings. The molecule has 20 heavy (non-hydrogen) atoms. The van der Waals surface area contributed by atoms with Crippen molar-refractivity contribution in [2.75, 3.05) is 18.3 Å². The predicted molar refractivity (Wildman–Crippen MR) is 88.2 cm³/mol. The van der Waals surface area contributed by atoms with E-state index in [1.54, 1.807) is 23.7 Å². The Bertz CT molecular complexity index is 657. The first-order valence-corrected chi connectivity index (χ1v) is 7.44. The number of esters is 1. The number of nitrogens with two attached hydrogens (primary N) is 1. The number of ether oxygens (including phenoxy) is 1. The standard InChI is InChI=1S/C12H11IN4O2S/c1-19-11(18)8-3-2-7(4-9(8)13)5-15-17-12-16-10(14)6-20-12/h2-6H,14H2,1H3,(H,16,17). The van der Waals surface area contributed by atoms with E-state index in [0.717, 1.165) is 9.13 Å². The number of aromatic nitrogens is 1. The molecule has 104 valence electrons. The van der Waals surface area contributed by atoms with E-state index in [1.807, 2.05) is 6.07 Å². The van der Waals surface area contributed by atoms with E-state index in [-0.39, 0.29) is 5.97 Å². The van der Waals surface area contributed by atoms with Gasteiger partial charge in [0, 0.05) is 8.95 Å². The molecule has 2 rings (SSSR count). The summed E-state index contributed by atoms with van der Waals surface area (Å²) in [6.07, 6.45) is 1.64. The highest BCUT2D eigenvalue weighted by Crippen LogP contribution is 2.17. The van der Waals surface area contributed by atoms with E-state index >= 15 is 0 Å². The molecule has 1 aromatic heterocycles. The molecule has 0 atom stereocenters. The van der Waals surface area contributed by atoms with Crippen LogP contribution in [0.25, 0.3) is 0 Å². The first kappa shape index (κ1) is 14.7. The number of carbonyl (C=O) groups excluding carboxylic acids is 1. The van der Waals surface area contributed by atoms with Gasteiger partial charge < -0.3 is 10.5 Å². The zero-order valence-electron chi connectivity index (χ0n) is 10.5. The number of rotatable bonds is 4. The van der Waals surface area contributed by atoms with Crippen LogP contribution in [-0.2, 0) is 4.74 Å². The molecule has 0 amide bonds. The van der Waals surface area contributed by atoms with Gasteiger partial charge in [0.25, 0.3) is 0 Å². The summed E-state index contributed by atoms with van der Waals surface area (Å²) in [5, 5.41) is 6.41. The maximum absolute atomic E-state index is 11.5. The maximum atomic E-state index is 11.5. The second-order valence-electron chi connectivity index (χ2n) is 3.68. The molecule has 0 unspecified atom stereocenters. The van der Waals surface area contributed by atoms with Crippen molar-refractivity contribution in [1.82, 2.24) is 4.98 Å². The van der Waals surface area contributed by atoms with Crippen LogP contribution in [-0.4, -0.2) is 24.3 Å². The highest BCUT2D eigenvalue weighted by atomic mass is 127. The summed E-state index contributed by atoms with van der Waals surface area (Å²) in [4.78, 5) is 15.5. The monoisotopic (exact) mass is 402 g/mol. The molecule has 0 saturated heterocycles. The number of anilines is 2. The Hall–Kier alpha value is -1.68. The van der Waals surface area contributed by atoms with Gasteiger partial charge >= 0.3 is 5.97 Å². The Morgan fingerprint density at radius 2 is 2.40 bits per heavy atom. The third-order valence-electron chi connectivity index (χ3n) is 2.29. The largest absolute Gasteiger partial charge is 0.465 e. The van der Waals surface area contributed by atoms with Gasteiger partial charge in [0.1, 0.15) is 5.82 Å². The van der Waals surface area contributed by atoms with Crippen LogP contribution in [0.2, 0.25) is 0 Å². The van der Waals surface area contributed by atoms with Crippen molar-refractivity contribution in [2.24, 2.45) is 5.10 Å². The van der Waals surface area contributed by atoms with Crippen LogP contribution in [0.5, 0.6) is 0 Å². The van der Waals surface area contributed by atoms with Gasteiger partial charge in [0.05, 0.1) is 18.9 Å². The van der Waals surface area contributed by atoms with E-state index in [4.69, 9.17) is 5.73 Å². The molecule has 0 aliphatic rings. The summed E-state index contributed by atoms with van der Waals surface area (Å²) in [5.41, 5.74) is 9.68. The smallest absolute Gasteiger partial charge is 0.338 e. The molecule has 0 bridgehead atoms. The van der Waals surface area contributed by atoms with Gasteiger partial charge in [0.2, 0.25) is 5.13 Å². The van der Waals surface area contributed by atoms with E-state index in [2.05, 4.69) is 42.8 Å². The molecule has 3 N–H and O–H groups in total. The number of nitrogens with one attached hydrogen (secondary N) is 1. The highest BCUT2D eigenvalue weighted by Gasteiger charge is 2.09. The molecule has 6 nitrogen and oxygen atoms in total. The van der Waals surface area contributed by atoms with Crippen molar-refractivity contribution in [2.45, 2.75) is 0 Å². The lowest BCUT2D eigenvalue weighted by molar-refractivity contribution is 0.0599. The molecule has 1 heterocycles. The molecular formula is C12H11IN4O2S. The Morgan fingerprint density at radius 1 is 1.60 bits per heavy atom. The van der Waals surface area contributed by atoms with Gasteiger partial charge in [-0.1, -0.05) is 6.07 Å². The summed E-state index contributed by atoms with van der Waals surface area (Å²) in [5.74, 6) is 0.110. The van der Waals surface area contributed by atoms with E-state index in [1.165, 1.54) is 18.4 Å². The van der Waals surface area contributed by atoms with Crippen LogP contribution in [0.3, 0.4) is 0 Å². The van der Waals surface area contributed by atoms with Gasteiger partial charge in [-0.3, -0.25) is 5.43 Å². The minimum atomic E-state index is -0.353. The maximum Gasteiger partial charge on any atom is 0.338 e. The minimum Gasteiger partial charge on any atom is -0.465 e. The number of thiazole rings is 1. The van der Waals surface area contributed by atoms with Gasteiger partial charge in [-0.25, -0.2) is 9.78 Å². The van der Waals surface area contributed by atoms with Crippen LogP contribution in [0, 0.1) is 3.57 Å². The van der Waals surface area contributed by atoms with Crippen molar-refractivity contribution >= 4 is 57.1 Å². The topological polar surface area (TPSA) is 89.6 Å². The minimum absolute atomic E-state index is 0.353. The van der Waals surface area contributed by atoms with Crippen molar-refractivity contribution in [3.63, 3.8) is 0 Å². The third-order valence-corrected chi connectivity index (χ3v) is 3.95. The summed E-state index contributed by atoms with van der Waals surface area (Å²) >= 11 is 3.46. The van der Waals surface area contributed by atoms with Gasteiger partial charge in [0.15, 0.2) is 0 Å². The molecule has 0 fully saturated rings. The number of benzene rings is 1. The molecule has 1 aromatic carbocycles. The predicted octanol–water partition coefficient (Wildman–Crippen LogP) is 2.56. The Labute approximate surface area is 133 Å². The summed E-state index contributed by atoms with van der Waals surface area (Å²) < 4.78 is 5.49. The number of nitrogens with zero attached hydrogens (tertiary/aromatic N) is 2. The third kappa shape index (κ3) is 3.67. The van der Waals surface area contributed by atoms with E-state index < -0.39 is 0 Å². The van der Waals surface area contributed by atoms with Crippen LogP contribution >= 0.6 is 33.9 Å². The lowest BCUT2D eigenvalue weighted by atomic mass is 10.1. The molecule has 0 saturated carbocycles. The van der Waals surface area contributed by atoms with E-state index in [0.29, 0.717) is 16.5 Å². The van der Waals surface area contributed by atoms with Crippen LogP contribution in [0.15, 0.2) is 28.7 Å². The van der Waals surface area contributed by atoms with Crippen molar-refractivity contribution in [3.05, 3.63) is 38.3 Å². The lowest BCUT2D eigenvalue weighted by Gasteiger charge is -2.03. The molecule has 0 aliphatic carbocycles. The molecule has 0 aliphatic heterocycles. The fourth-order valence-corrected chi connectivity index (χ4v) is 2.69. The SMILES string of the molecule is COC(=O)c1ccc(C=NNc2nc(N)cs2)cc1I.